The van der Waals surface area contributed by atoms with Crippen LogP contribution < -0.4 is 10.5 Å². The van der Waals surface area contributed by atoms with E-state index in [1.807, 2.05) is 0 Å². The number of aromatic nitrogens is 1. The number of alkyl halides is 6. The van der Waals surface area contributed by atoms with E-state index in [9.17, 15) is 26.3 Å². The van der Waals surface area contributed by atoms with Crippen LogP contribution in [0.3, 0.4) is 0 Å². The van der Waals surface area contributed by atoms with E-state index in [0.717, 1.165) is 30.3 Å². The molecule has 0 atom stereocenters. The van der Waals surface area contributed by atoms with Gasteiger partial charge in [-0.2, -0.15) is 13.2 Å². The number of hydrogen-bond acceptors (Lipinski definition) is 3. The maximum absolute atomic E-state index is 13.0. The smallest absolute Gasteiger partial charge is 0.406 e. The number of benzene rings is 1. The van der Waals surface area contributed by atoms with E-state index in [4.69, 9.17) is 5.73 Å². The van der Waals surface area contributed by atoms with Crippen molar-refractivity contribution in [2.24, 2.45) is 0 Å². The van der Waals surface area contributed by atoms with Gasteiger partial charge in [-0.3, -0.25) is 0 Å². The third-order valence-corrected chi connectivity index (χ3v) is 2.56. The zero-order valence-electron chi connectivity index (χ0n) is 10.7. The number of pyridine rings is 1. The highest BCUT2D eigenvalue weighted by Crippen LogP contribution is 2.37. The third-order valence-electron chi connectivity index (χ3n) is 2.56. The summed E-state index contributed by atoms with van der Waals surface area (Å²) < 4.78 is 79.1. The summed E-state index contributed by atoms with van der Waals surface area (Å²) in [4.78, 5) is 3.21. The highest BCUT2D eigenvalue weighted by molar-refractivity contribution is 5.69. The van der Waals surface area contributed by atoms with Gasteiger partial charge in [-0.05, 0) is 29.8 Å². The summed E-state index contributed by atoms with van der Waals surface area (Å²) in [7, 11) is 0. The normalized spacial score (nSPS) is 12.3. The molecule has 118 valence electrons. The molecule has 0 aliphatic heterocycles. The second-order valence-electron chi connectivity index (χ2n) is 4.21. The van der Waals surface area contributed by atoms with Crippen molar-refractivity contribution in [3.8, 4) is 16.9 Å². The van der Waals surface area contributed by atoms with Crippen LogP contribution in [0.2, 0.25) is 0 Å². The van der Waals surface area contributed by atoms with E-state index >= 15 is 0 Å². The predicted octanol–water partition coefficient (Wildman–Crippen LogP) is 4.25. The monoisotopic (exact) mass is 322 g/mol. The van der Waals surface area contributed by atoms with Crippen molar-refractivity contribution < 1.29 is 31.1 Å². The highest BCUT2D eigenvalue weighted by atomic mass is 19.4. The van der Waals surface area contributed by atoms with Crippen molar-refractivity contribution in [3.05, 3.63) is 42.1 Å². The largest absolute Gasteiger partial charge is 0.573 e. The molecule has 0 unspecified atom stereocenters. The second kappa shape index (κ2) is 5.39. The first-order chi connectivity index (χ1) is 10.1. The van der Waals surface area contributed by atoms with E-state index in [0.29, 0.717) is 0 Å². The number of anilines is 1. The SMILES string of the molecule is Nc1ccc(-c2cccc(OC(F)(F)F)c2)c(C(F)(F)F)n1. The number of hydrogen-bond donors (Lipinski definition) is 1. The average molecular weight is 322 g/mol. The first kappa shape index (κ1) is 15.9. The molecule has 0 fully saturated rings. The topological polar surface area (TPSA) is 48.1 Å². The summed E-state index contributed by atoms with van der Waals surface area (Å²) in [5, 5.41) is 0. The first-order valence-electron chi connectivity index (χ1n) is 5.76. The molecular formula is C13H8F6N2O. The summed E-state index contributed by atoms with van der Waals surface area (Å²) in [5.41, 5.74) is 3.43. The molecule has 0 amide bonds. The van der Waals surface area contributed by atoms with Crippen molar-refractivity contribution in [2.75, 3.05) is 5.73 Å². The van der Waals surface area contributed by atoms with E-state index in [1.54, 1.807) is 0 Å². The van der Waals surface area contributed by atoms with Gasteiger partial charge in [0.2, 0.25) is 0 Å². The summed E-state index contributed by atoms with van der Waals surface area (Å²) in [6, 6.07) is 6.35. The molecule has 2 aromatic rings. The molecule has 2 N–H and O–H groups in total. The lowest BCUT2D eigenvalue weighted by molar-refractivity contribution is -0.274. The van der Waals surface area contributed by atoms with Gasteiger partial charge in [0.05, 0.1) is 0 Å². The summed E-state index contributed by atoms with van der Waals surface area (Å²) in [5.74, 6) is -0.978. The van der Waals surface area contributed by atoms with E-state index in [-0.39, 0.29) is 11.4 Å². The molecule has 0 radical (unpaired) electrons. The summed E-state index contributed by atoms with van der Waals surface area (Å²) in [6.45, 7) is 0. The maximum Gasteiger partial charge on any atom is 0.573 e. The Morgan fingerprint density at radius 1 is 0.955 bits per heavy atom. The van der Waals surface area contributed by atoms with Crippen molar-refractivity contribution in [3.63, 3.8) is 0 Å². The molecule has 1 heterocycles. The molecule has 9 heteroatoms. The standard InChI is InChI=1S/C13H8F6N2O/c14-12(15,16)11-9(4-5-10(20)21-11)7-2-1-3-8(6-7)22-13(17,18)19/h1-6H,(H2,20,21). The molecule has 0 saturated carbocycles. The van der Waals surface area contributed by atoms with Gasteiger partial charge in [-0.1, -0.05) is 12.1 Å². The number of rotatable bonds is 2. The Hall–Kier alpha value is -2.45. The van der Waals surface area contributed by atoms with Crippen molar-refractivity contribution >= 4 is 5.82 Å². The number of nitrogen functional groups attached to an aromatic ring is 1. The van der Waals surface area contributed by atoms with Gasteiger partial charge >= 0.3 is 12.5 Å². The lowest BCUT2D eigenvalue weighted by atomic mass is 10.0. The zero-order chi connectivity index (χ0) is 16.5. The lowest BCUT2D eigenvalue weighted by Gasteiger charge is -2.14. The summed E-state index contributed by atoms with van der Waals surface area (Å²) in [6.07, 6.45) is -9.74. The molecule has 2 rings (SSSR count). The maximum atomic E-state index is 13.0. The Morgan fingerprint density at radius 3 is 2.23 bits per heavy atom. The van der Waals surface area contributed by atoms with Gasteiger partial charge in [-0.15, -0.1) is 13.2 Å². The zero-order valence-corrected chi connectivity index (χ0v) is 10.7. The fourth-order valence-corrected chi connectivity index (χ4v) is 1.78. The number of nitrogens with two attached hydrogens (primary N) is 1. The van der Waals surface area contributed by atoms with E-state index < -0.39 is 29.5 Å². The van der Waals surface area contributed by atoms with Crippen LogP contribution in [-0.4, -0.2) is 11.3 Å². The minimum Gasteiger partial charge on any atom is -0.406 e. The van der Waals surface area contributed by atoms with E-state index in [2.05, 4.69) is 9.72 Å². The Morgan fingerprint density at radius 2 is 1.64 bits per heavy atom. The van der Waals surface area contributed by atoms with Crippen LogP contribution in [0.4, 0.5) is 32.2 Å². The molecule has 22 heavy (non-hydrogen) atoms. The molecule has 0 aliphatic rings. The number of halogens is 6. The third kappa shape index (κ3) is 3.80. The van der Waals surface area contributed by atoms with Crippen molar-refractivity contribution in [1.82, 2.24) is 4.98 Å². The van der Waals surface area contributed by atoms with Gasteiger partial charge in [0.1, 0.15) is 11.6 Å². The molecule has 1 aromatic heterocycles. The fourth-order valence-electron chi connectivity index (χ4n) is 1.78. The Balaban J connectivity index is 2.51. The van der Waals surface area contributed by atoms with Gasteiger partial charge in [0, 0.05) is 5.56 Å². The Bertz CT molecular complexity index is 681. The minimum atomic E-state index is -4.94. The van der Waals surface area contributed by atoms with Crippen LogP contribution in [0.1, 0.15) is 5.69 Å². The highest BCUT2D eigenvalue weighted by Gasteiger charge is 2.36. The average Bonchev–Trinajstić information content (AvgIpc) is 2.36. The van der Waals surface area contributed by atoms with Crippen LogP contribution in [0.5, 0.6) is 5.75 Å². The second-order valence-corrected chi connectivity index (χ2v) is 4.21. The Labute approximate surface area is 120 Å². The first-order valence-corrected chi connectivity index (χ1v) is 5.76. The summed E-state index contributed by atoms with van der Waals surface area (Å²) >= 11 is 0. The number of nitrogens with zero attached hydrogens (tertiary/aromatic N) is 1. The molecule has 0 saturated heterocycles. The van der Waals surface area contributed by atoms with Crippen molar-refractivity contribution in [2.45, 2.75) is 12.5 Å². The van der Waals surface area contributed by atoms with Crippen LogP contribution in [0, 0.1) is 0 Å². The van der Waals surface area contributed by atoms with Gasteiger partial charge in [-0.25, -0.2) is 4.98 Å². The van der Waals surface area contributed by atoms with Crippen LogP contribution >= 0.6 is 0 Å². The van der Waals surface area contributed by atoms with Crippen molar-refractivity contribution in [1.29, 1.82) is 0 Å². The molecule has 1 aromatic carbocycles. The van der Waals surface area contributed by atoms with Gasteiger partial charge in [0.25, 0.3) is 0 Å². The lowest BCUT2D eigenvalue weighted by Crippen LogP contribution is -2.17. The molecule has 3 nitrogen and oxygen atoms in total. The van der Waals surface area contributed by atoms with Crippen LogP contribution in [-0.2, 0) is 6.18 Å². The quantitative estimate of drug-likeness (QED) is 0.841. The van der Waals surface area contributed by atoms with Gasteiger partial charge < -0.3 is 10.5 Å². The Kier molecular flexibility index (Phi) is 3.90. The van der Waals surface area contributed by atoms with Gasteiger partial charge in [0.15, 0.2) is 5.69 Å². The minimum absolute atomic E-state index is 0.124. The number of ether oxygens (including phenoxy) is 1. The fraction of sp³-hybridized carbons (Fsp3) is 0.154. The van der Waals surface area contributed by atoms with Crippen LogP contribution in [0.15, 0.2) is 36.4 Å². The molecular weight excluding hydrogens is 314 g/mol. The van der Waals surface area contributed by atoms with E-state index in [1.165, 1.54) is 6.07 Å². The van der Waals surface area contributed by atoms with Crippen LogP contribution in [0.25, 0.3) is 11.1 Å². The molecule has 0 spiro atoms. The molecule has 0 aliphatic carbocycles. The molecule has 0 bridgehead atoms. The predicted molar refractivity (Wildman–Crippen MR) is 65.8 cm³/mol.